The Kier molecular flexibility index (Phi) is 6.46. The van der Waals surface area contributed by atoms with Crippen LogP contribution in [0.1, 0.15) is 24.2 Å². The fourth-order valence-corrected chi connectivity index (χ4v) is 2.37. The zero-order valence-electron chi connectivity index (χ0n) is 13.2. The molecule has 1 amide bonds. The molecule has 0 saturated carbocycles. The summed E-state index contributed by atoms with van der Waals surface area (Å²) in [5.74, 6) is 1.07. The van der Waals surface area contributed by atoms with Crippen molar-refractivity contribution in [3.63, 3.8) is 0 Å². The van der Waals surface area contributed by atoms with Crippen molar-refractivity contribution in [1.82, 2.24) is 15.1 Å². The number of carbonyl (C=O) groups is 1. The van der Waals surface area contributed by atoms with E-state index in [1.165, 1.54) is 0 Å². The third-order valence-corrected chi connectivity index (χ3v) is 3.44. The van der Waals surface area contributed by atoms with Gasteiger partial charge in [-0.25, -0.2) is 0 Å². The van der Waals surface area contributed by atoms with Crippen LogP contribution in [0.4, 0.5) is 0 Å². The van der Waals surface area contributed by atoms with Crippen LogP contribution in [-0.2, 0) is 6.54 Å². The number of halogens is 1. The molecule has 0 unspecified atom stereocenters. The van der Waals surface area contributed by atoms with E-state index in [4.69, 9.17) is 9.47 Å². The molecule has 1 aromatic heterocycles. The number of nitrogens with zero attached hydrogens (tertiary/aromatic N) is 2. The zero-order chi connectivity index (χ0) is 16.7. The van der Waals surface area contributed by atoms with E-state index in [-0.39, 0.29) is 5.91 Å². The summed E-state index contributed by atoms with van der Waals surface area (Å²) in [6, 6.07) is 5.19. The molecule has 1 aromatic carbocycles. The normalized spacial score (nSPS) is 10.4. The van der Waals surface area contributed by atoms with Gasteiger partial charge in [0.1, 0.15) is 0 Å². The molecule has 1 N–H and O–H groups in total. The summed E-state index contributed by atoms with van der Waals surface area (Å²) in [7, 11) is 0. The van der Waals surface area contributed by atoms with Gasteiger partial charge in [0.25, 0.3) is 5.91 Å². The Morgan fingerprint density at radius 2 is 2.00 bits per heavy atom. The predicted molar refractivity (Wildman–Crippen MR) is 91.0 cm³/mol. The quantitative estimate of drug-likeness (QED) is 0.763. The van der Waals surface area contributed by atoms with Crippen molar-refractivity contribution >= 4 is 21.8 Å². The summed E-state index contributed by atoms with van der Waals surface area (Å²) in [5.41, 5.74) is 0.540. The number of ether oxygens (including phenoxy) is 2. The Bertz CT molecular complexity index is 658. The van der Waals surface area contributed by atoms with E-state index in [1.807, 2.05) is 20.0 Å². The van der Waals surface area contributed by atoms with Crippen LogP contribution in [0.25, 0.3) is 0 Å². The average Bonchev–Trinajstić information content (AvgIpc) is 2.95. The molecule has 0 aliphatic heterocycles. The van der Waals surface area contributed by atoms with E-state index >= 15 is 0 Å². The van der Waals surface area contributed by atoms with Crippen molar-refractivity contribution in [1.29, 1.82) is 0 Å². The summed E-state index contributed by atoms with van der Waals surface area (Å²) >= 11 is 3.34. The lowest BCUT2D eigenvalue weighted by Crippen LogP contribution is -2.27. The SMILES string of the molecule is CCOc1ccc(C(=O)NCCn2cc(Br)cn2)cc1OCC. The number of benzene rings is 1. The van der Waals surface area contributed by atoms with Gasteiger partial charge in [-0.1, -0.05) is 0 Å². The molecule has 0 bridgehead atoms. The molecule has 0 aliphatic carbocycles. The summed E-state index contributed by atoms with van der Waals surface area (Å²) in [6.45, 7) is 5.95. The third kappa shape index (κ3) is 4.99. The molecular weight excluding hydrogens is 362 g/mol. The van der Waals surface area contributed by atoms with Crippen molar-refractivity contribution in [3.8, 4) is 11.5 Å². The highest BCUT2D eigenvalue weighted by Gasteiger charge is 2.11. The minimum absolute atomic E-state index is 0.153. The maximum atomic E-state index is 12.2. The molecule has 0 saturated heterocycles. The molecule has 7 heteroatoms. The highest BCUT2D eigenvalue weighted by atomic mass is 79.9. The molecule has 0 spiro atoms. The lowest BCUT2D eigenvalue weighted by Gasteiger charge is -2.12. The van der Waals surface area contributed by atoms with Crippen LogP contribution in [0, 0.1) is 0 Å². The van der Waals surface area contributed by atoms with Crippen molar-refractivity contribution < 1.29 is 14.3 Å². The van der Waals surface area contributed by atoms with E-state index in [1.54, 1.807) is 29.1 Å². The molecule has 0 fully saturated rings. The second-order valence-electron chi connectivity index (χ2n) is 4.71. The van der Waals surface area contributed by atoms with Crippen LogP contribution in [0.3, 0.4) is 0 Å². The van der Waals surface area contributed by atoms with Gasteiger partial charge in [-0.2, -0.15) is 5.10 Å². The topological polar surface area (TPSA) is 65.4 Å². The number of hydrogen-bond acceptors (Lipinski definition) is 4. The van der Waals surface area contributed by atoms with Crippen LogP contribution in [0.15, 0.2) is 35.1 Å². The van der Waals surface area contributed by atoms with Gasteiger partial charge >= 0.3 is 0 Å². The van der Waals surface area contributed by atoms with Crippen molar-refractivity contribution in [2.75, 3.05) is 19.8 Å². The highest BCUT2D eigenvalue weighted by Crippen LogP contribution is 2.28. The number of amides is 1. The predicted octanol–water partition coefficient (Wildman–Crippen LogP) is 2.87. The van der Waals surface area contributed by atoms with E-state index in [2.05, 4.69) is 26.3 Å². The summed E-state index contributed by atoms with van der Waals surface area (Å²) < 4.78 is 13.7. The molecule has 2 aromatic rings. The number of rotatable bonds is 8. The molecule has 1 heterocycles. The summed E-state index contributed by atoms with van der Waals surface area (Å²) in [5, 5.41) is 7.00. The van der Waals surface area contributed by atoms with Crippen LogP contribution in [0.2, 0.25) is 0 Å². The average molecular weight is 382 g/mol. The first-order valence-electron chi connectivity index (χ1n) is 7.49. The fourth-order valence-electron chi connectivity index (χ4n) is 2.04. The number of aromatic nitrogens is 2. The first-order valence-corrected chi connectivity index (χ1v) is 8.29. The van der Waals surface area contributed by atoms with Crippen molar-refractivity contribution in [3.05, 3.63) is 40.6 Å². The molecule has 2 rings (SSSR count). The maximum Gasteiger partial charge on any atom is 0.251 e. The monoisotopic (exact) mass is 381 g/mol. The maximum absolute atomic E-state index is 12.2. The molecule has 0 atom stereocenters. The number of carbonyl (C=O) groups excluding carboxylic acids is 1. The highest BCUT2D eigenvalue weighted by molar-refractivity contribution is 9.10. The minimum Gasteiger partial charge on any atom is -0.490 e. The molecule has 0 aliphatic rings. The van der Waals surface area contributed by atoms with Gasteiger partial charge in [-0.05, 0) is 48.0 Å². The first-order chi connectivity index (χ1) is 11.1. The van der Waals surface area contributed by atoms with Crippen LogP contribution in [-0.4, -0.2) is 35.4 Å². The van der Waals surface area contributed by atoms with Gasteiger partial charge in [0.15, 0.2) is 11.5 Å². The Morgan fingerprint density at radius 1 is 1.26 bits per heavy atom. The van der Waals surface area contributed by atoms with Crippen LogP contribution in [0.5, 0.6) is 11.5 Å². The number of nitrogens with one attached hydrogen (secondary N) is 1. The van der Waals surface area contributed by atoms with E-state index in [0.29, 0.717) is 43.4 Å². The largest absolute Gasteiger partial charge is 0.490 e. The molecule has 0 radical (unpaired) electrons. The lowest BCUT2D eigenvalue weighted by molar-refractivity contribution is 0.0951. The van der Waals surface area contributed by atoms with Gasteiger partial charge in [0.2, 0.25) is 0 Å². The molecule has 124 valence electrons. The van der Waals surface area contributed by atoms with Crippen molar-refractivity contribution in [2.45, 2.75) is 20.4 Å². The molecule has 23 heavy (non-hydrogen) atoms. The Morgan fingerprint density at radius 3 is 2.65 bits per heavy atom. The van der Waals surface area contributed by atoms with Gasteiger partial charge in [-0.15, -0.1) is 0 Å². The Balaban J connectivity index is 1.96. The van der Waals surface area contributed by atoms with Crippen molar-refractivity contribution in [2.24, 2.45) is 0 Å². The smallest absolute Gasteiger partial charge is 0.251 e. The second-order valence-corrected chi connectivity index (χ2v) is 5.62. The zero-order valence-corrected chi connectivity index (χ0v) is 14.8. The molecule has 6 nitrogen and oxygen atoms in total. The van der Waals surface area contributed by atoms with E-state index in [0.717, 1.165) is 4.47 Å². The molecular formula is C16H20BrN3O3. The first kappa shape index (κ1) is 17.3. The summed E-state index contributed by atoms with van der Waals surface area (Å²) in [4.78, 5) is 12.2. The Hall–Kier alpha value is -2.02. The standard InChI is InChI=1S/C16H20BrN3O3/c1-3-22-14-6-5-12(9-15(14)23-4-2)16(21)18-7-8-20-11-13(17)10-19-20/h5-6,9-11H,3-4,7-8H2,1-2H3,(H,18,21). The van der Waals surface area contributed by atoms with Gasteiger partial charge in [0.05, 0.1) is 30.4 Å². The van der Waals surface area contributed by atoms with Crippen LogP contribution < -0.4 is 14.8 Å². The summed E-state index contributed by atoms with van der Waals surface area (Å²) in [6.07, 6.45) is 3.57. The lowest BCUT2D eigenvalue weighted by atomic mass is 10.2. The number of hydrogen-bond donors (Lipinski definition) is 1. The van der Waals surface area contributed by atoms with Gasteiger partial charge in [-0.3, -0.25) is 9.48 Å². The van der Waals surface area contributed by atoms with Gasteiger partial charge < -0.3 is 14.8 Å². The third-order valence-electron chi connectivity index (χ3n) is 3.03. The van der Waals surface area contributed by atoms with Gasteiger partial charge in [0, 0.05) is 18.3 Å². The minimum atomic E-state index is -0.153. The van der Waals surface area contributed by atoms with Crippen LogP contribution >= 0.6 is 15.9 Å². The van der Waals surface area contributed by atoms with E-state index < -0.39 is 0 Å². The fraction of sp³-hybridized carbons (Fsp3) is 0.375. The Labute approximate surface area is 143 Å². The second kappa shape index (κ2) is 8.57. The van der Waals surface area contributed by atoms with E-state index in [9.17, 15) is 4.79 Å².